The Morgan fingerprint density at radius 2 is 2.21 bits per heavy atom. The molecule has 2 heterocycles. The highest BCUT2D eigenvalue weighted by atomic mass is 79.9. The van der Waals surface area contributed by atoms with Gasteiger partial charge in [-0.25, -0.2) is 0 Å². The van der Waals surface area contributed by atoms with Crippen LogP contribution in [-0.4, -0.2) is 24.7 Å². The van der Waals surface area contributed by atoms with E-state index in [9.17, 15) is 9.90 Å². The highest BCUT2D eigenvalue weighted by Crippen LogP contribution is 2.27. The number of anilines is 1. The number of aromatic nitrogens is 4. The highest BCUT2D eigenvalue weighted by molar-refractivity contribution is 9.10. The van der Waals surface area contributed by atoms with Gasteiger partial charge < -0.3 is 10.8 Å². The molecule has 0 bridgehead atoms. The minimum absolute atomic E-state index is 0.0302. The summed E-state index contributed by atoms with van der Waals surface area (Å²) in [6.07, 6.45) is 0. The zero-order valence-corrected chi connectivity index (χ0v) is 11.0. The SMILES string of the molecule is Nc1nc2[nH]c(=O)c(-c3cccc(Br)c3)c(O)n2n1. The van der Waals surface area contributed by atoms with E-state index in [1.54, 1.807) is 18.2 Å². The van der Waals surface area contributed by atoms with Gasteiger partial charge in [0.1, 0.15) is 5.56 Å². The maximum Gasteiger partial charge on any atom is 0.264 e. The summed E-state index contributed by atoms with van der Waals surface area (Å²) >= 11 is 3.31. The second-order valence-corrected chi connectivity index (χ2v) is 4.78. The van der Waals surface area contributed by atoms with E-state index in [4.69, 9.17) is 5.73 Å². The first-order valence-electron chi connectivity index (χ1n) is 5.29. The molecule has 0 saturated heterocycles. The van der Waals surface area contributed by atoms with E-state index in [1.165, 1.54) is 0 Å². The zero-order valence-electron chi connectivity index (χ0n) is 9.46. The second kappa shape index (κ2) is 4.09. The van der Waals surface area contributed by atoms with Crippen molar-refractivity contribution in [1.29, 1.82) is 0 Å². The van der Waals surface area contributed by atoms with Crippen molar-refractivity contribution in [2.45, 2.75) is 0 Å². The maximum atomic E-state index is 12.0. The van der Waals surface area contributed by atoms with E-state index in [2.05, 4.69) is 31.0 Å². The summed E-state index contributed by atoms with van der Waals surface area (Å²) in [7, 11) is 0. The van der Waals surface area contributed by atoms with Crippen LogP contribution in [0, 0.1) is 0 Å². The monoisotopic (exact) mass is 321 g/mol. The molecular formula is C11H8BrN5O2. The number of nitrogen functional groups attached to an aromatic ring is 1. The lowest BCUT2D eigenvalue weighted by Crippen LogP contribution is -2.12. The molecule has 0 aliphatic carbocycles. The number of fused-ring (bicyclic) bond motifs is 1. The fraction of sp³-hybridized carbons (Fsp3) is 0. The fourth-order valence-electron chi connectivity index (χ4n) is 1.83. The molecule has 3 aromatic rings. The number of nitrogens with two attached hydrogens (primary N) is 1. The van der Waals surface area contributed by atoms with E-state index in [0.717, 1.165) is 8.99 Å². The minimum atomic E-state index is -0.462. The Kier molecular flexibility index (Phi) is 2.53. The Morgan fingerprint density at radius 3 is 2.95 bits per heavy atom. The first kappa shape index (κ1) is 11.7. The van der Waals surface area contributed by atoms with Gasteiger partial charge in [0, 0.05) is 4.47 Å². The Morgan fingerprint density at radius 1 is 1.42 bits per heavy atom. The molecular weight excluding hydrogens is 314 g/mol. The van der Waals surface area contributed by atoms with Crippen LogP contribution in [-0.2, 0) is 0 Å². The van der Waals surface area contributed by atoms with Crippen LogP contribution in [0.15, 0.2) is 33.5 Å². The Hall–Kier alpha value is -2.35. The molecule has 0 aliphatic heterocycles. The average Bonchev–Trinajstić information content (AvgIpc) is 2.70. The van der Waals surface area contributed by atoms with Crippen molar-refractivity contribution in [3.63, 3.8) is 0 Å². The first-order valence-corrected chi connectivity index (χ1v) is 6.09. The predicted molar refractivity (Wildman–Crippen MR) is 72.8 cm³/mol. The third-order valence-electron chi connectivity index (χ3n) is 2.61. The molecule has 3 rings (SSSR count). The number of rotatable bonds is 1. The number of hydrogen-bond donors (Lipinski definition) is 3. The third kappa shape index (κ3) is 1.85. The first-order chi connectivity index (χ1) is 9.06. The van der Waals surface area contributed by atoms with Crippen LogP contribution < -0.4 is 11.3 Å². The van der Waals surface area contributed by atoms with E-state index < -0.39 is 5.56 Å². The molecule has 0 atom stereocenters. The van der Waals surface area contributed by atoms with Crippen LogP contribution >= 0.6 is 15.9 Å². The standard InChI is InChI=1S/C11H8BrN5O2/c12-6-3-1-2-5(4-6)7-8(18)14-11-15-10(13)16-17(11)9(7)19/h1-4,19H,(H3,13,14,15,16,18). The Labute approximate surface area is 114 Å². The molecule has 96 valence electrons. The zero-order chi connectivity index (χ0) is 13.6. The van der Waals surface area contributed by atoms with Gasteiger partial charge in [-0.1, -0.05) is 28.1 Å². The van der Waals surface area contributed by atoms with Crippen LogP contribution in [0.25, 0.3) is 16.9 Å². The second-order valence-electron chi connectivity index (χ2n) is 3.87. The van der Waals surface area contributed by atoms with Crippen molar-refractivity contribution in [1.82, 2.24) is 19.6 Å². The van der Waals surface area contributed by atoms with Crippen molar-refractivity contribution in [3.05, 3.63) is 39.1 Å². The lowest BCUT2D eigenvalue weighted by Gasteiger charge is -2.05. The van der Waals surface area contributed by atoms with Gasteiger partial charge in [0.05, 0.1) is 0 Å². The molecule has 0 amide bonds. The lowest BCUT2D eigenvalue weighted by atomic mass is 10.1. The number of aromatic amines is 1. The van der Waals surface area contributed by atoms with Gasteiger partial charge in [0.25, 0.3) is 5.56 Å². The van der Waals surface area contributed by atoms with Gasteiger partial charge in [0.2, 0.25) is 17.6 Å². The molecule has 4 N–H and O–H groups in total. The maximum absolute atomic E-state index is 12.0. The van der Waals surface area contributed by atoms with Gasteiger partial charge in [-0.2, -0.15) is 9.50 Å². The Balaban J connectivity index is 2.38. The normalized spacial score (nSPS) is 11.0. The number of hydrogen-bond acceptors (Lipinski definition) is 5. The van der Waals surface area contributed by atoms with Gasteiger partial charge in [0.15, 0.2) is 0 Å². The van der Waals surface area contributed by atoms with Crippen molar-refractivity contribution in [3.8, 4) is 17.0 Å². The van der Waals surface area contributed by atoms with Crippen LogP contribution in [0.2, 0.25) is 0 Å². The smallest absolute Gasteiger partial charge is 0.264 e. The van der Waals surface area contributed by atoms with Crippen LogP contribution in [0.5, 0.6) is 5.88 Å². The summed E-state index contributed by atoms with van der Waals surface area (Å²) in [6.45, 7) is 0. The van der Waals surface area contributed by atoms with Crippen LogP contribution in [0.3, 0.4) is 0 Å². The topological polar surface area (TPSA) is 109 Å². The Bertz CT molecular complexity index is 839. The molecule has 1 aromatic carbocycles. The van der Waals surface area contributed by atoms with E-state index in [-0.39, 0.29) is 23.2 Å². The molecule has 8 heteroatoms. The molecule has 0 fully saturated rings. The number of aromatic hydroxyl groups is 1. The predicted octanol–water partition coefficient (Wildman–Crippen LogP) is 1.13. The summed E-state index contributed by atoms with van der Waals surface area (Å²) in [6, 6.07) is 7.01. The summed E-state index contributed by atoms with van der Waals surface area (Å²) < 4.78 is 1.88. The summed E-state index contributed by atoms with van der Waals surface area (Å²) in [5.74, 6) is -0.239. The quantitative estimate of drug-likeness (QED) is 0.622. The minimum Gasteiger partial charge on any atom is -0.493 e. The number of nitrogens with one attached hydrogen (secondary N) is 1. The van der Waals surface area contributed by atoms with E-state index in [0.29, 0.717) is 5.56 Å². The van der Waals surface area contributed by atoms with Crippen molar-refractivity contribution >= 4 is 27.7 Å². The largest absolute Gasteiger partial charge is 0.493 e. The van der Waals surface area contributed by atoms with Crippen molar-refractivity contribution in [2.24, 2.45) is 0 Å². The molecule has 0 spiro atoms. The molecule has 0 saturated carbocycles. The van der Waals surface area contributed by atoms with Gasteiger partial charge in [-0.3, -0.25) is 9.78 Å². The summed E-state index contributed by atoms with van der Waals surface area (Å²) in [4.78, 5) is 18.3. The number of nitrogens with zero attached hydrogens (tertiary/aromatic N) is 3. The van der Waals surface area contributed by atoms with Crippen molar-refractivity contribution in [2.75, 3.05) is 5.73 Å². The number of benzene rings is 1. The average molecular weight is 322 g/mol. The molecule has 0 aliphatic rings. The van der Waals surface area contributed by atoms with Crippen LogP contribution in [0.1, 0.15) is 0 Å². The molecule has 2 aromatic heterocycles. The summed E-state index contributed by atoms with van der Waals surface area (Å²) in [5, 5.41) is 14.0. The van der Waals surface area contributed by atoms with E-state index >= 15 is 0 Å². The lowest BCUT2D eigenvalue weighted by molar-refractivity contribution is 0.437. The van der Waals surface area contributed by atoms with E-state index in [1.807, 2.05) is 6.07 Å². The highest BCUT2D eigenvalue weighted by Gasteiger charge is 2.16. The van der Waals surface area contributed by atoms with Gasteiger partial charge in [-0.15, -0.1) is 5.10 Å². The molecule has 19 heavy (non-hydrogen) atoms. The van der Waals surface area contributed by atoms with Gasteiger partial charge >= 0.3 is 0 Å². The van der Waals surface area contributed by atoms with Crippen molar-refractivity contribution < 1.29 is 5.11 Å². The molecule has 0 radical (unpaired) electrons. The number of halogens is 1. The molecule has 0 unspecified atom stereocenters. The third-order valence-corrected chi connectivity index (χ3v) is 3.11. The fourth-order valence-corrected chi connectivity index (χ4v) is 2.23. The molecule has 7 nitrogen and oxygen atoms in total. The number of H-pyrrole nitrogens is 1. The summed E-state index contributed by atoms with van der Waals surface area (Å²) in [5.41, 5.74) is 5.65. The van der Waals surface area contributed by atoms with Gasteiger partial charge in [-0.05, 0) is 17.7 Å². The van der Waals surface area contributed by atoms with Crippen LogP contribution in [0.4, 0.5) is 5.95 Å².